The Morgan fingerprint density at radius 2 is 1.95 bits per heavy atom. The van der Waals surface area contributed by atoms with Crippen LogP contribution in [0.3, 0.4) is 0 Å². The van der Waals surface area contributed by atoms with Crippen LogP contribution in [0.1, 0.15) is 18.4 Å². The van der Waals surface area contributed by atoms with Crippen LogP contribution in [0.4, 0.5) is 0 Å². The van der Waals surface area contributed by atoms with Crippen molar-refractivity contribution in [3.63, 3.8) is 0 Å². The van der Waals surface area contributed by atoms with Gasteiger partial charge in [-0.3, -0.25) is 4.79 Å². The highest BCUT2D eigenvalue weighted by Gasteiger charge is 2.47. The number of carbonyl (C=O) groups is 2. The molecule has 1 aliphatic carbocycles. The van der Waals surface area contributed by atoms with Crippen LogP contribution < -0.4 is 0 Å². The van der Waals surface area contributed by atoms with Crippen LogP contribution in [-0.4, -0.2) is 39.1 Å². The number of rotatable bonds is 4. The number of nitrogens with zero attached hydrogens (tertiary/aromatic N) is 1. The first-order chi connectivity index (χ1) is 10.1. The Kier molecular flexibility index (Phi) is 4.26. The molecule has 0 aromatic heterocycles. The Hall–Kier alpha value is -1.01. The van der Waals surface area contributed by atoms with Gasteiger partial charge in [-0.1, -0.05) is 28.1 Å². The van der Waals surface area contributed by atoms with E-state index < -0.39 is 12.0 Å². The van der Waals surface area contributed by atoms with Gasteiger partial charge < -0.3 is 10.0 Å². The lowest BCUT2D eigenvalue weighted by atomic mass is 10.1. The molecule has 1 N–H and O–H groups in total. The molecule has 4 nitrogen and oxygen atoms in total. The first kappa shape index (κ1) is 14.9. The molecule has 0 bridgehead atoms. The first-order valence-electron chi connectivity index (χ1n) is 6.96. The number of aliphatic carboxylic acids is 1. The Labute approximate surface area is 136 Å². The Morgan fingerprint density at radius 3 is 2.52 bits per heavy atom. The number of benzene rings is 1. The van der Waals surface area contributed by atoms with Gasteiger partial charge in [-0.25, -0.2) is 4.79 Å². The molecule has 3 rings (SSSR count). The molecule has 1 heterocycles. The van der Waals surface area contributed by atoms with Crippen LogP contribution in [0.5, 0.6) is 0 Å². The van der Waals surface area contributed by atoms with Crippen LogP contribution in [0.15, 0.2) is 28.7 Å². The molecule has 0 radical (unpaired) electrons. The van der Waals surface area contributed by atoms with E-state index in [2.05, 4.69) is 15.9 Å². The standard InChI is InChI=1S/C15H16BrNO3S/c16-11-5-1-9(2-6-11)7-13(18)17-12(15(19)20)8-21-14(17)10-3-4-10/h1-2,5-6,10,12,14H,3-4,7-8H2,(H,19,20). The maximum atomic E-state index is 12.6. The zero-order chi connectivity index (χ0) is 15.0. The quantitative estimate of drug-likeness (QED) is 0.886. The molecular weight excluding hydrogens is 354 g/mol. The number of hydrogen-bond donors (Lipinski definition) is 1. The summed E-state index contributed by atoms with van der Waals surface area (Å²) in [6.07, 6.45) is 2.47. The largest absolute Gasteiger partial charge is 0.480 e. The molecule has 21 heavy (non-hydrogen) atoms. The second-order valence-electron chi connectivity index (χ2n) is 5.52. The topological polar surface area (TPSA) is 57.6 Å². The van der Waals surface area contributed by atoms with Crippen molar-refractivity contribution in [1.82, 2.24) is 4.90 Å². The lowest BCUT2D eigenvalue weighted by Crippen LogP contribution is -2.46. The summed E-state index contributed by atoms with van der Waals surface area (Å²) < 4.78 is 0.967. The minimum Gasteiger partial charge on any atom is -0.480 e. The van der Waals surface area contributed by atoms with Gasteiger partial charge in [-0.15, -0.1) is 11.8 Å². The van der Waals surface area contributed by atoms with E-state index in [-0.39, 0.29) is 17.7 Å². The zero-order valence-corrected chi connectivity index (χ0v) is 13.8. The first-order valence-corrected chi connectivity index (χ1v) is 8.80. The molecule has 2 aliphatic rings. The highest BCUT2D eigenvalue weighted by molar-refractivity contribution is 9.10. The van der Waals surface area contributed by atoms with Crippen molar-refractivity contribution in [3.8, 4) is 0 Å². The van der Waals surface area contributed by atoms with Crippen molar-refractivity contribution < 1.29 is 14.7 Å². The van der Waals surface area contributed by atoms with E-state index in [1.165, 1.54) is 0 Å². The van der Waals surface area contributed by atoms with Crippen LogP contribution in [-0.2, 0) is 16.0 Å². The third kappa shape index (κ3) is 3.26. The van der Waals surface area contributed by atoms with Crippen LogP contribution in [0.2, 0.25) is 0 Å². The van der Waals surface area contributed by atoms with E-state index in [0.717, 1.165) is 22.9 Å². The fraction of sp³-hybridized carbons (Fsp3) is 0.467. The molecule has 1 saturated carbocycles. The van der Waals surface area contributed by atoms with Gasteiger partial charge in [0.25, 0.3) is 0 Å². The lowest BCUT2D eigenvalue weighted by Gasteiger charge is -2.27. The van der Waals surface area contributed by atoms with Crippen molar-refractivity contribution in [3.05, 3.63) is 34.3 Å². The van der Waals surface area contributed by atoms with Gasteiger partial charge in [0.05, 0.1) is 11.8 Å². The number of thioether (sulfide) groups is 1. The molecule has 1 amide bonds. The number of amides is 1. The molecule has 2 unspecified atom stereocenters. The third-order valence-electron chi connectivity index (χ3n) is 3.90. The molecule has 1 aliphatic heterocycles. The van der Waals surface area contributed by atoms with Crippen LogP contribution in [0, 0.1) is 5.92 Å². The minimum absolute atomic E-state index is 0.0500. The number of hydrogen-bond acceptors (Lipinski definition) is 3. The fourth-order valence-corrected chi connectivity index (χ4v) is 4.56. The number of carboxylic acid groups (broad SMARTS) is 1. The van der Waals surface area contributed by atoms with Crippen LogP contribution in [0.25, 0.3) is 0 Å². The van der Waals surface area contributed by atoms with Gasteiger partial charge in [0.1, 0.15) is 6.04 Å². The summed E-state index contributed by atoms with van der Waals surface area (Å²) in [5.41, 5.74) is 0.916. The predicted octanol–water partition coefficient (Wildman–Crippen LogP) is 2.76. The Balaban J connectivity index is 1.76. The average molecular weight is 370 g/mol. The van der Waals surface area contributed by atoms with E-state index in [9.17, 15) is 14.7 Å². The summed E-state index contributed by atoms with van der Waals surface area (Å²) in [7, 11) is 0. The second-order valence-corrected chi connectivity index (χ2v) is 7.58. The van der Waals surface area contributed by atoms with Gasteiger partial charge in [0.2, 0.25) is 5.91 Å². The molecule has 1 aromatic rings. The molecule has 2 fully saturated rings. The minimum atomic E-state index is -0.894. The molecule has 0 spiro atoms. The van der Waals surface area contributed by atoms with Crippen molar-refractivity contribution >= 4 is 39.6 Å². The summed E-state index contributed by atoms with van der Waals surface area (Å²) in [5.74, 6) is 0.0115. The van der Waals surface area contributed by atoms with E-state index in [1.54, 1.807) is 16.7 Å². The van der Waals surface area contributed by atoms with Gasteiger partial charge in [-0.2, -0.15) is 0 Å². The molecule has 112 valence electrons. The van der Waals surface area contributed by atoms with Gasteiger partial charge in [0.15, 0.2) is 0 Å². The number of carboxylic acids is 1. The van der Waals surface area contributed by atoms with Gasteiger partial charge in [-0.05, 0) is 36.5 Å². The van der Waals surface area contributed by atoms with Crippen molar-refractivity contribution in [1.29, 1.82) is 0 Å². The molecule has 2 atom stereocenters. The average Bonchev–Trinajstić information content (AvgIpc) is 3.19. The Morgan fingerprint density at radius 1 is 1.29 bits per heavy atom. The number of carbonyl (C=O) groups excluding carboxylic acids is 1. The summed E-state index contributed by atoms with van der Waals surface area (Å²) in [6.45, 7) is 0. The smallest absolute Gasteiger partial charge is 0.327 e. The molecule has 6 heteroatoms. The molecule has 1 saturated heterocycles. The van der Waals surface area contributed by atoms with Crippen LogP contribution >= 0.6 is 27.7 Å². The summed E-state index contributed by atoms with van der Waals surface area (Å²) >= 11 is 4.98. The predicted molar refractivity (Wildman–Crippen MR) is 85.1 cm³/mol. The second kappa shape index (κ2) is 6.01. The number of halogens is 1. The Bertz CT molecular complexity index is 559. The van der Waals surface area contributed by atoms with Gasteiger partial charge in [0, 0.05) is 10.2 Å². The third-order valence-corrected chi connectivity index (χ3v) is 5.89. The van der Waals surface area contributed by atoms with E-state index in [0.29, 0.717) is 11.7 Å². The van der Waals surface area contributed by atoms with E-state index in [1.807, 2.05) is 24.3 Å². The lowest BCUT2D eigenvalue weighted by molar-refractivity contribution is -0.149. The maximum Gasteiger partial charge on any atom is 0.327 e. The van der Waals surface area contributed by atoms with Crippen molar-refractivity contribution in [2.24, 2.45) is 5.92 Å². The van der Waals surface area contributed by atoms with Crippen molar-refractivity contribution in [2.45, 2.75) is 30.7 Å². The summed E-state index contributed by atoms with van der Waals surface area (Å²) in [5, 5.41) is 9.39. The molecule has 1 aromatic carbocycles. The summed E-state index contributed by atoms with van der Waals surface area (Å²) in [6, 6.07) is 6.91. The fourth-order valence-electron chi connectivity index (χ4n) is 2.65. The highest BCUT2D eigenvalue weighted by atomic mass is 79.9. The summed E-state index contributed by atoms with van der Waals surface area (Å²) in [4.78, 5) is 25.6. The van der Waals surface area contributed by atoms with Gasteiger partial charge >= 0.3 is 5.97 Å². The van der Waals surface area contributed by atoms with E-state index >= 15 is 0 Å². The zero-order valence-electron chi connectivity index (χ0n) is 11.4. The maximum absolute atomic E-state index is 12.6. The van der Waals surface area contributed by atoms with E-state index in [4.69, 9.17) is 0 Å². The normalized spacial score (nSPS) is 25.1. The molecular formula is C15H16BrNO3S. The highest BCUT2D eigenvalue weighted by Crippen LogP contribution is 2.45. The SMILES string of the molecule is O=C(O)C1CSC(C2CC2)N1C(=O)Cc1ccc(Br)cc1. The van der Waals surface area contributed by atoms with Crippen molar-refractivity contribution in [2.75, 3.05) is 5.75 Å². The monoisotopic (exact) mass is 369 g/mol.